The van der Waals surface area contributed by atoms with E-state index in [1.165, 1.54) is 13.2 Å². The Kier molecular flexibility index (Phi) is 3.92. The molecule has 8 nitrogen and oxygen atoms in total. The monoisotopic (exact) mass is 280 g/mol. The molecule has 3 N–H and O–H groups in total. The van der Waals surface area contributed by atoms with Crippen LogP contribution in [0.4, 0.5) is 21.9 Å². The summed E-state index contributed by atoms with van der Waals surface area (Å²) in [6.45, 7) is 1.10. The molecule has 108 valence electrons. The number of carbonyl (C=O) groups excluding carboxylic acids is 1. The van der Waals surface area contributed by atoms with Crippen molar-refractivity contribution in [3.05, 3.63) is 28.3 Å². The van der Waals surface area contributed by atoms with Gasteiger partial charge in [0.05, 0.1) is 18.1 Å². The van der Waals surface area contributed by atoms with Crippen LogP contribution in [0.1, 0.15) is 6.42 Å². The number of anilines is 2. The zero-order valence-corrected chi connectivity index (χ0v) is 11.0. The summed E-state index contributed by atoms with van der Waals surface area (Å²) in [5.41, 5.74) is 6.19. The average molecular weight is 280 g/mol. The van der Waals surface area contributed by atoms with Crippen LogP contribution in [0.15, 0.2) is 18.2 Å². The molecule has 1 atom stereocenters. The fourth-order valence-corrected chi connectivity index (χ4v) is 2.33. The van der Waals surface area contributed by atoms with E-state index in [1.54, 1.807) is 12.1 Å². The van der Waals surface area contributed by atoms with Gasteiger partial charge in [-0.25, -0.2) is 4.79 Å². The Hall–Kier alpha value is -2.51. The number of para-hydroxylation sites is 1. The van der Waals surface area contributed by atoms with Gasteiger partial charge in [0, 0.05) is 13.1 Å². The van der Waals surface area contributed by atoms with Gasteiger partial charge >= 0.3 is 11.8 Å². The number of methoxy groups -OCH3 is 1. The fourth-order valence-electron chi connectivity index (χ4n) is 2.33. The number of nitro groups is 1. The van der Waals surface area contributed by atoms with E-state index in [0.29, 0.717) is 25.2 Å². The molecule has 1 saturated heterocycles. The number of nitrogens with two attached hydrogens (primary N) is 1. The zero-order chi connectivity index (χ0) is 14.7. The summed E-state index contributed by atoms with van der Waals surface area (Å²) in [6, 6.07) is 4.75. The molecule has 0 bridgehead atoms. The molecule has 0 saturated carbocycles. The van der Waals surface area contributed by atoms with Gasteiger partial charge < -0.3 is 20.7 Å². The number of benzene rings is 1. The van der Waals surface area contributed by atoms with Gasteiger partial charge in [-0.2, -0.15) is 0 Å². The van der Waals surface area contributed by atoms with Crippen LogP contribution in [0.2, 0.25) is 0 Å². The molecule has 1 fully saturated rings. The standard InChI is InChI=1S/C12H16N4O4/c1-20-12(17)14-8-5-6-15(7-8)10-4-2-3-9(13)11(10)16(18)19/h2-4,8H,5-7,13H2,1H3,(H,14,17). The van der Waals surface area contributed by atoms with E-state index < -0.39 is 11.0 Å². The third-order valence-corrected chi connectivity index (χ3v) is 3.26. The van der Waals surface area contributed by atoms with Gasteiger partial charge in [0.2, 0.25) is 0 Å². The molecule has 0 radical (unpaired) electrons. The van der Waals surface area contributed by atoms with Crippen LogP contribution in [0.5, 0.6) is 0 Å². The predicted molar refractivity (Wildman–Crippen MR) is 73.7 cm³/mol. The number of carbonyl (C=O) groups is 1. The summed E-state index contributed by atoms with van der Waals surface area (Å²) in [4.78, 5) is 23.6. The first-order valence-corrected chi connectivity index (χ1v) is 6.15. The number of nitro benzene ring substituents is 1. The minimum Gasteiger partial charge on any atom is -0.453 e. The average Bonchev–Trinajstić information content (AvgIpc) is 2.86. The minimum absolute atomic E-state index is 0.0915. The number of ether oxygens (including phenoxy) is 1. The summed E-state index contributed by atoms with van der Waals surface area (Å²) in [6.07, 6.45) is 0.194. The van der Waals surface area contributed by atoms with E-state index in [-0.39, 0.29) is 17.4 Å². The van der Waals surface area contributed by atoms with Crippen molar-refractivity contribution in [3.63, 3.8) is 0 Å². The lowest BCUT2D eigenvalue weighted by Crippen LogP contribution is -2.37. The lowest BCUT2D eigenvalue weighted by molar-refractivity contribution is -0.383. The van der Waals surface area contributed by atoms with Gasteiger partial charge in [0.25, 0.3) is 0 Å². The summed E-state index contributed by atoms with van der Waals surface area (Å²) in [5.74, 6) is 0. The molecular formula is C12H16N4O4. The summed E-state index contributed by atoms with van der Waals surface area (Å²) in [5, 5.41) is 13.8. The first-order chi connectivity index (χ1) is 9.52. The van der Waals surface area contributed by atoms with E-state index in [9.17, 15) is 14.9 Å². The lowest BCUT2D eigenvalue weighted by atomic mass is 10.2. The van der Waals surface area contributed by atoms with Gasteiger partial charge in [-0.1, -0.05) is 6.07 Å². The summed E-state index contributed by atoms with van der Waals surface area (Å²) >= 11 is 0. The Morgan fingerprint density at radius 1 is 1.60 bits per heavy atom. The summed E-state index contributed by atoms with van der Waals surface area (Å²) < 4.78 is 4.54. The number of nitrogens with one attached hydrogen (secondary N) is 1. The van der Waals surface area contributed by atoms with Gasteiger partial charge in [-0.15, -0.1) is 0 Å². The Morgan fingerprint density at radius 3 is 3.00 bits per heavy atom. The number of nitrogen functional groups attached to an aromatic ring is 1. The molecule has 1 amide bonds. The first kappa shape index (κ1) is 13.9. The lowest BCUT2D eigenvalue weighted by Gasteiger charge is -2.19. The van der Waals surface area contributed by atoms with Crippen molar-refractivity contribution in [3.8, 4) is 0 Å². The van der Waals surface area contributed by atoms with E-state index in [1.807, 2.05) is 4.90 Å². The predicted octanol–water partition coefficient (Wildman–Crippen LogP) is 1.11. The van der Waals surface area contributed by atoms with Crippen LogP contribution in [0.3, 0.4) is 0 Å². The van der Waals surface area contributed by atoms with Crippen LogP contribution < -0.4 is 16.0 Å². The number of hydrogen-bond acceptors (Lipinski definition) is 6. The van der Waals surface area contributed by atoms with Gasteiger partial charge in [-0.05, 0) is 18.6 Å². The maximum Gasteiger partial charge on any atom is 0.407 e. The topological polar surface area (TPSA) is 111 Å². The second kappa shape index (κ2) is 5.64. The highest BCUT2D eigenvalue weighted by Gasteiger charge is 2.29. The van der Waals surface area contributed by atoms with Crippen molar-refractivity contribution in [1.29, 1.82) is 0 Å². The van der Waals surface area contributed by atoms with Crippen molar-refractivity contribution in [2.24, 2.45) is 0 Å². The van der Waals surface area contributed by atoms with Gasteiger partial charge in [0.15, 0.2) is 0 Å². The molecular weight excluding hydrogens is 264 g/mol. The van der Waals surface area contributed by atoms with E-state index >= 15 is 0 Å². The Balaban J connectivity index is 2.16. The molecule has 1 unspecified atom stereocenters. The molecule has 2 rings (SSSR count). The largest absolute Gasteiger partial charge is 0.453 e. The first-order valence-electron chi connectivity index (χ1n) is 6.15. The fraction of sp³-hybridized carbons (Fsp3) is 0.417. The highest BCUT2D eigenvalue weighted by Crippen LogP contribution is 2.35. The molecule has 0 aliphatic carbocycles. The van der Waals surface area contributed by atoms with Crippen LogP contribution in [-0.2, 0) is 4.74 Å². The van der Waals surface area contributed by atoms with Crippen LogP contribution in [0, 0.1) is 10.1 Å². The number of nitrogens with zero attached hydrogens (tertiary/aromatic N) is 2. The van der Waals surface area contributed by atoms with Crippen LogP contribution in [0.25, 0.3) is 0 Å². The smallest absolute Gasteiger partial charge is 0.407 e. The highest BCUT2D eigenvalue weighted by molar-refractivity contribution is 5.76. The van der Waals surface area contributed by atoms with Crippen LogP contribution >= 0.6 is 0 Å². The van der Waals surface area contributed by atoms with Crippen molar-refractivity contribution >= 4 is 23.2 Å². The Bertz CT molecular complexity index is 534. The van der Waals surface area contributed by atoms with Gasteiger partial charge in [0.1, 0.15) is 11.4 Å². The number of hydrogen-bond donors (Lipinski definition) is 2. The molecule has 1 aliphatic rings. The van der Waals surface area contributed by atoms with E-state index in [0.717, 1.165) is 0 Å². The third-order valence-electron chi connectivity index (χ3n) is 3.26. The molecule has 1 aliphatic heterocycles. The molecule has 0 aromatic heterocycles. The Morgan fingerprint density at radius 2 is 2.35 bits per heavy atom. The molecule has 20 heavy (non-hydrogen) atoms. The third kappa shape index (κ3) is 2.73. The molecule has 1 aromatic carbocycles. The van der Waals surface area contributed by atoms with Crippen molar-refractivity contribution < 1.29 is 14.5 Å². The number of amides is 1. The van der Waals surface area contributed by atoms with Crippen LogP contribution in [-0.4, -0.2) is 37.3 Å². The minimum atomic E-state index is -0.501. The van der Waals surface area contributed by atoms with Crippen molar-refractivity contribution in [1.82, 2.24) is 5.32 Å². The SMILES string of the molecule is COC(=O)NC1CCN(c2cccc(N)c2[N+](=O)[O-])C1. The summed E-state index contributed by atoms with van der Waals surface area (Å²) in [7, 11) is 1.30. The van der Waals surface area contributed by atoms with E-state index in [4.69, 9.17) is 5.73 Å². The second-order valence-corrected chi connectivity index (χ2v) is 4.54. The molecule has 8 heteroatoms. The quantitative estimate of drug-likeness (QED) is 0.487. The molecule has 1 aromatic rings. The van der Waals surface area contributed by atoms with Crippen molar-refractivity contribution in [2.45, 2.75) is 12.5 Å². The normalized spacial score (nSPS) is 17.9. The number of alkyl carbamates (subject to hydrolysis) is 1. The number of rotatable bonds is 3. The Labute approximate surface area is 115 Å². The highest BCUT2D eigenvalue weighted by atomic mass is 16.6. The molecule has 1 heterocycles. The van der Waals surface area contributed by atoms with E-state index in [2.05, 4.69) is 10.1 Å². The maximum absolute atomic E-state index is 11.2. The second-order valence-electron chi connectivity index (χ2n) is 4.54. The van der Waals surface area contributed by atoms with Crippen molar-refractivity contribution in [2.75, 3.05) is 30.8 Å². The zero-order valence-electron chi connectivity index (χ0n) is 11.0. The van der Waals surface area contributed by atoms with Gasteiger partial charge in [-0.3, -0.25) is 10.1 Å². The maximum atomic E-state index is 11.2. The molecule has 0 spiro atoms.